The van der Waals surface area contributed by atoms with Crippen LogP contribution in [0.3, 0.4) is 0 Å². The van der Waals surface area contributed by atoms with Gasteiger partial charge in [0.15, 0.2) is 0 Å². The number of benzene rings is 2. The molecule has 0 aliphatic heterocycles. The summed E-state index contributed by atoms with van der Waals surface area (Å²) in [7, 11) is 0. The minimum absolute atomic E-state index is 0. The Morgan fingerprint density at radius 2 is 0.900 bits per heavy atom. The van der Waals surface area contributed by atoms with Gasteiger partial charge < -0.3 is 0 Å². The molecule has 0 spiro atoms. The molecule has 0 atom stereocenters. The van der Waals surface area contributed by atoms with E-state index in [1.165, 1.54) is 20.2 Å². The second-order valence-electron chi connectivity index (χ2n) is 3.92. The van der Waals surface area contributed by atoms with Gasteiger partial charge >= 0.3 is 0 Å². The monoisotopic (exact) mass is 290 g/mol. The lowest BCUT2D eigenvalue weighted by Gasteiger charge is -1.82. The van der Waals surface area contributed by atoms with Crippen molar-refractivity contribution in [3.8, 4) is 0 Å². The SMILES string of the molecule is [B].[B].c1ccc2sccc2c1.c1ccc2sccc2c1. The van der Waals surface area contributed by atoms with Crippen molar-refractivity contribution in [3.63, 3.8) is 0 Å². The van der Waals surface area contributed by atoms with Gasteiger partial charge in [-0.3, -0.25) is 0 Å². The first-order valence-corrected chi connectivity index (χ1v) is 7.54. The lowest BCUT2D eigenvalue weighted by atomic mass is 10.3. The van der Waals surface area contributed by atoms with Crippen LogP contribution in [-0.2, 0) is 0 Å². The van der Waals surface area contributed by atoms with Gasteiger partial charge in [0.25, 0.3) is 0 Å². The molecule has 0 saturated carbocycles. The summed E-state index contributed by atoms with van der Waals surface area (Å²) in [6, 6.07) is 21.1. The molecule has 0 aliphatic carbocycles. The van der Waals surface area contributed by atoms with Crippen LogP contribution in [0.5, 0.6) is 0 Å². The van der Waals surface area contributed by atoms with Gasteiger partial charge in [-0.2, -0.15) is 0 Å². The minimum atomic E-state index is 0. The molecule has 20 heavy (non-hydrogen) atoms. The topological polar surface area (TPSA) is 0 Å². The highest BCUT2D eigenvalue weighted by molar-refractivity contribution is 7.17. The lowest BCUT2D eigenvalue weighted by Crippen LogP contribution is -1.56. The standard InChI is InChI=1S/2C8H6S.2B/c2*1-2-4-8-7(3-1)5-6-9-8;;/h2*1-6H;;. The fourth-order valence-corrected chi connectivity index (χ4v) is 3.39. The molecule has 2 heterocycles. The summed E-state index contributed by atoms with van der Waals surface area (Å²) in [5.74, 6) is 0. The van der Waals surface area contributed by atoms with E-state index in [9.17, 15) is 0 Å². The highest BCUT2D eigenvalue weighted by Gasteiger charge is 1.88. The maximum Gasteiger partial charge on any atom is 0.0342 e. The van der Waals surface area contributed by atoms with Crippen LogP contribution < -0.4 is 0 Å². The van der Waals surface area contributed by atoms with Crippen molar-refractivity contribution < 1.29 is 0 Å². The summed E-state index contributed by atoms with van der Waals surface area (Å²) in [4.78, 5) is 0. The van der Waals surface area contributed by atoms with Crippen LogP contribution in [0.4, 0.5) is 0 Å². The van der Waals surface area contributed by atoms with E-state index in [0.717, 1.165) is 0 Å². The third-order valence-corrected chi connectivity index (χ3v) is 4.52. The van der Waals surface area contributed by atoms with Crippen LogP contribution in [0.2, 0.25) is 0 Å². The summed E-state index contributed by atoms with van der Waals surface area (Å²) in [6.07, 6.45) is 0. The van der Waals surface area contributed by atoms with E-state index in [1.54, 1.807) is 22.7 Å². The van der Waals surface area contributed by atoms with Crippen LogP contribution in [0.15, 0.2) is 71.4 Å². The molecule has 0 unspecified atom stereocenters. The molecule has 2 aromatic heterocycles. The predicted molar refractivity (Wildman–Crippen MR) is 95.2 cm³/mol. The number of rotatable bonds is 0. The second-order valence-corrected chi connectivity index (χ2v) is 5.81. The zero-order chi connectivity index (χ0) is 12.2. The molecule has 0 aliphatic rings. The molecule has 0 N–H and O–H groups in total. The largest absolute Gasteiger partial charge is 0.144 e. The molecule has 0 fully saturated rings. The average molecular weight is 290 g/mol. The van der Waals surface area contributed by atoms with E-state index in [4.69, 9.17) is 0 Å². The molecule has 0 amide bonds. The molecule has 0 bridgehead atoms. The van der Waals surface area contributed by atoms with Crippen molar-refractivity contribution in [1.29, 1.82) is 0 Å². The third kappa shape index (κ3) is 3.75. The van der Waals surface area contributed by atoms with Gasteiger partial charge in [-0.05, 0) is 45.8 Å². The predicted octanol–water partition coefficient (Wildman–Crippen LogP) is 5.04. The molecular formula is C16H12B2S2. The molecule has 0 saturated heterocycles. The zero-order valence-electron chi connectivity index (χ0n) is 10.9. The van der Waals surface area contributed by atoms with Crippen LogP contribution >= 0.6 is 22.7 Å². The smallest absolute Gasteiger partial charge is 0.0342 e. The summed E-state index contributed by atoms with van der Waals surface area (Å²) in [6.45, 7) is 0. The number of hydrogen-bond acceptors (Lipinski definition) is 2. The fourth-order valence-electron chi connectivity index (χ4n) is 1.81. The van der Waals surface area contributed by atoms with E-state index in [2.05, 4.69) is 71.4 Å². The lowest BCUT2D eigenvalue weighted by molar-refractivity contribution is 1.86. The van der Waals surface area contributed by atoms with Crippen molar-refractivity contribution in [1.82, 2.24) is 0 Å². The second kappa shape index (κ2) is 7.93. The molecule has 4 rings (SSSR count). The summed E-state index contributed by atoms with van der Waals surface area (Å²) in [5, 5.41) is 6.93. The highest BCUT2D eigenvalue weighted by atomic mass is 32.1. The first kappa shape index (κ1) is 16.5. The van der Waals surface area contributed by atoms with E-state index in [-0.39, 0.29) is 16.8 Å². The normalized spacial score (nSPS) is 9.20. The van der Waals surface area contributed by atoms with Gasteiger partial charge in [0, 0.05) is 26.2 Å². The number of fused-ring (bicyclic) bond motifs is 2. The molecule has 0 nitrogen and oxygen atoms in total. The first-order valence-electron chi connectivity index (χ1n) is 5.78. The summed E-state index contributed by atoms with van der Waals surface area (Å²) in [5.41, 5.74) is 0. The molecule has 4 heteroatoms. The molecule has 4 aromatic rings. The maximum absolute atomic E-state index is 2.14. The van der Waals surface area contributed by atoms with Crippen LogP contribution in [0.25, 0.3) is 20.2 Å². The average Bonchev–Trinajstić information content (AvgIpc) is 3.08. The highest BCUT2D eigenvalue weighted by Crippen LogP contribution is 2.19. The van der Waals surface area contributed by atoms with E-state index >= 15 is 0 Å². The van der Waals surface area contributed by atoms with E-state index in [0.29, 0.717) is 0 Å². The zero-order valence-corrected chi connectivity index (χ0v) is 12.5. The van der Waals surface area contributed by atoms with Crippen LogP contribution in [0.1, 0.15) is 0 Å². The van der Waals surface area contributed by atoms with Crippen LogP contribution in [-0.4, -0.2) is 16.8 Å². The molecule has 94 valence electrons. The number of thiophene rings is 2. The molecular weight excluding hydrogens is 278 g/mol. The Morgan fingerprint density at radius 1 is 0.500 bits per heavy atom. The van der Waals surface area contributed by atoms with E-state index in [1.807, 2.05) is 0 Å². The number of hydrogen-bond donors (Lipinski definition) is 0. The van der Waals surface area contributed by atoms with Crippen molar-refractivity contribution in [3.05, 3.63) is 71.4 Å². The Morgan fingerprint density at radius 3 is 1.30 bits per heavy atom. The third-order valence-electron chi connectivity index (χ3n) is 2.72. The first-order chi connectivity index (χ1) is 8.93. The van der Waals surface area contributed by atoms with Gasteiger partial charge in [-0.25, -0.2) is 0 Å². The Balaban J connectivity index is 0.000000182. The van der Waals surface area contributed by atoms with Gasteiger partial charge in [-0.15, -0.1) is 22.7 Å². The van der Waals surface area contributed by atoms with Crippen molar-refractivity contribution in [2.75, 3.05) is 0 Å². The molecule has 2 aromatic carbocycles. The van der Waals surface area contributed by atoms with Gasteiger partial charge in [0.2, 0.25) is 0 Å². The van der Waals surface area contributed by atoms with Crippen molar-refractivity contribution >= 4 is 59.7 Å². The van der Waals surface area contributed by atoms with Crippen LogP contribution in [0, 0.1) is 0 Å². The Kier molecular flexibility index (Phi) is 6.56. The maximum atomic E-state index is 2.14. The summed E-state index contributed by atoms with van der Waals surface area (Å²) >= 11 is 3.57. The Bertz CT molecular complexity index is 632. The quantitative estimate of drug-likeness (QED) is 0.398. The van der Waals surface area contributed by atoms with Gasteiger partial charge in [0.05, 0.1) is 0 Å². The van der Waals surface area contributed by atoms with Gasteiger partial charge in [0.1, 0.15) is 0 Å². The molecule has 6 radical (unpaired) electrons. The van der Waals surface area contributed by atoms with Gasteiger partial charge in [-0.1, -0.05) is 36.4 Å². The van der Waals surface area contributed by atoms with Crippen molar-refractivity contribution in [2.24, 2.45) is 0 Å². The Labute approximate surface area is 131 Å². The fraction of sp³-hybridized carbons (Fsp3) is 0. The summed E-state index contributed by atoms with van der Waals surface area (Å²) < 4.78 is 2.75. The van der Waals surface area contributed by atoms with Crippen molar-refractivity contribution in [2.45, 2.75) is 0 Å². The minimum Gasteiger partial charge on any atom is -0.144 e. The Hall–Kier alpha value is -1.51. The van der Waals surface area contributed by atoms with E-state index < -0.39 is 0 Å².